The summed E-state index contributed by atoms with van der Waals surface area (Å²) in [7, 11) is 1.66. The third-order valence-electron chi connectivity index (χ3n) is 6.50. The quantitative estimate of drug-likeness (QED) is 0.486. The molecular weight excluding hydrogens is 474 g/mol. The van der Waals surface area contributed by atoms with Crippen LogP contribution in [0.5, 0.6) is 0 Å². The van der Waals surface area contributed by atoms with Crippen LogP contribution >= 0.6 is 11.3 Å². The Morgan fingerprint density at radius 2 is 2.06 bits per heavy atom. The van der Waals surface area contributed by atoms with Crippen LogP contribution in [0.1, 0.15) is 47.1 Å². The molecular formula is C24H26F2N6O2S. The van der Waals surface area contributed by atoms with Crippen molar-refractivity contribution < 1.29 is 18.3 Å². The molecule has 5 N–H and O–H groups in total. The maximum Gasteiger partial charge on any atom is 0.277 e. The normalized spacial score (nSPS) is 19.6. The summed E-state index contributed by atoms with van der Waals surface area (Å²) in [6.45, 7) is 1.47. The van der Waals surface area contributed by atoms with Crippen molar-refractivity contribution in [3.63, 3.8) is 0 Å². The number of carbonyl (C=O) groups excluding carboxylic acids is 1. The van der Waals surface area contributed by atoms with Crippen LogP contribution in [-0.2, 0) is 11.2 Å². The molecule has 1 saturated heterocycles. The number of aromatic nitrogens is 2. The molecule has 2 aromatic heterocycles. The van der Waals surface area contributed by atoms with E-state index in [4.69, 9.17) is 16.2 Å². The lowest BCUT2D eigenvalue weighted by atomic mass is 10.0. The summed E-state index contributed by atoms with van der Waals surface area (Å²) >= 11 is 0.857. The molecule has 2 atom stereocenters. The molecule has 1 fully saturated rings. The van der Waals surface area contributed by atoms with Gasteiger partial charge in [-0.15, -0.1) is 0 Å². The van der Waals surface area contributed by atoms with Gasteiger partial charge in [0.15, 0.2) is 5.69 Å². The second-order valence-electron chi connectivity index (χ2n) is 8.78. The summed E-state index contributed by atoms with van der Waals surface area (Å²) in [5.41, 5.74) is 15.2. The first-order chi connectivity index (χ1) is 16.9. The monoisotopic (exact) mass is 500 g/mol. The number of methoxy groups -OCH3 is 1. The molecule has 1 aliphatic carbocycles. The number of fused-ring (bicyclic) bond motifs is 1. The zero-order valence-corrected chi connectivity index (χ0v) is 20.0. The van der Waals surface area contributed by atoms with Crippen molar-refractivity contribution >= 4 is 33.6 Å². The molecule has 2 aliphatic rings. The Hall–Kier alpha value is -3.15. The Morgan fingerprint density at radius 1 is 1.29 bits per heavy atom. The van der Waals surface area contributed by atoms with Gasteiger partial charge in [-0.1, -0.05) is 17.4 Å². The fourth-order valence-electron chi connectivity index (χ4n) is 4.87. The van der Waals surface area contributed by atoms with E-state index < -0.39 is 17.5 Å². The second kappa shape index (κ2) is 9.48. The number of thiazole rings is 1. The van der Waals surface area contributed by atoms with Crippen molar-refractivity contribution in [2.75, 3.05) is 36.1 Å². The third kappa shape index (κ3) is 4.35. The third-order valence-corrected chi connectivity index (χ3v) is 7.40. The number of rotatable bonds is 5. The molecule has 1 unspecified atom stereocenters. The maximum absolute atomic E-state index is 14.3. The Balaban J connectivity index is 1.50. The van der Waals surface area contributed by atoms with Crippen molar-refractivity contribution in [2.45, 2.75) is 37.8 Å². The SMILES string of the molecule is CO[C@H]1CCc2c1ncc(NC(=O)c1nc(-c3c(F)cccc3F)sc1N)c2N1CCCC(N)C1. The molecule has 3 heterocycles. The first kappa shape index (κ1) is 23.6. The number of hydrogen-bond donors (Lipinski definition) is 3. The summed E-state index contributed by atoms with van der Waals surface area (Å²) < 4.78 is 34.1. The lowest BCUT2D eigenvalue weighted by Crippen LogP contribution is -2.43. The molecule has 1 aromatic carbocycles. The van der Waals surface area contributed by atoms with E-state index in [2.05, 4.69) is 20.2 Å². The van der Waals surface area contributed by atoms with Crippen molar-refractivity contribution in [3.05, 3.63) is 53.0 Å². The van der Waals surface area contributed by atoms with Crippen LogP contribution in [-0.4, -0.2) is 42.1 Å². The zero-order chi connectivity index (χ0) is 24.7. The van der Waals surface area contributed by atoms with Crippen LogP contribution in [0, 0.1) is 11.6 Å². The van der Waals surface area contributed by atoms with Crippen molar-refractivity contribution in [2.24, 2.45) is 5.73 Å². The lowest BCUT2D eigenvalue weighted by molar-refractivity contribution is 0.102. The van der Waals surface area contributed by atoms with Crippen LogP contribution in [0.15, 0.2) is 24.4 Å². The van der Waals surface area contributed by atoms with E-state index in [9.17, 15) is 13.6 Å². The number of anilines is 3. The van der Waals surface area contributed by atoms with Crippen molar-refractivity contribution in [1.82, 2.24) is 9.97 Å². The molecule has 0 spiro atoms. The average Bonchev–Trinajstić information content (AvgIpc) is 3.42. The van der Waals surface area contributed by atoms with Gasteiger partial charge in [-0.2, -0.15) is 0 Å². The standard InChI is InChI=1S/C24H26F2N6O2S/c1-34-17-8-7-13-19(17)29-10-16(21(13)32-9-3-4-12(27)11-32)30-23(33)20-22(28)35-24(31-20)18-14(25)5-2-6-15(18)26/h2,5-6,10,12,17H,3-4,7-9,11,27-28H2,1H3,(H,30,33)/t12?,17-/m0/s1. The highest BCUT2D eigenvalue weighted by molar-refractivity contribution is 7.19. The predicted molar refractivity (Wildman–Crippen MR) is 132 cm³/mol. The van der Waals surface area contributed by atoms with Gasteiger partial charge in [0.25, 0.3) is 5.91 Å². The minimum atomic E-state index is -0.773. The number of nitrogens with one attached hydrogen (secondary N) is 1. The second-order valence-corrected chi connectivity index (χ2v) is 9.81. The zero-order valence-electron chi connectivity index (χ0n) is 19.2. The Kier molecular flexibility index (Phi) is 6.39. The minimum Gasteiger partial charge on any atom is -0.389 e. The number of amides is 1. The number of pyridine rings is 1. The number of piperidine rings is 1. The Labute approximate surface area is 205 Å². The van der Waals surface area contributed by atoms with Gasteiger partial charge < -0.3 is 26.4 Å². The first-order valence-electron chi connectivity index (χ1n) is 11.4. The number of nitrogens with two attached hydrogens (primary N) is 2. The maximum atomic E-state index is 14.3. The Morgan fingerprint density at radius 3 is 2.77 bits per heavy atom. The fourth-order valence-corrected chi connectivity index (χ4v) is 5.75. The number of carbonyl (C=O) groups is 1. The van der Waals surface area contributed by atoms with E-state index in [1.807, 2.05) is 0 Å². The highest BCUT2D eigenvalue weighted by Crippen LogP contribution is 2.42. The lowest BCUT2D eigenvalue weighted by Gasteiger charge is -2.35. The highest BCUT2D eigenvalue weighted by Gasteiger charge is 2.32. The van der Waals surface area contributed by atoms with Crippen LogP contribution in [0.4, 0.5) is 25.2 Å². The van der Waals surface area contributed by atoms with Crippen LogP contribution in [0.25, 0.3) is 10.6 Å². The van der Waals surface area contributed by atoms with Crippen molar-refractivity contribution in [3.8, 4) is 10.6 Å². The van der Waals surface area contributed by atoms with Gasteiger partial charge in [-0.05, 0) is 37.8 Å². The van der Waals surface area contributed by atoms with Gasteiger partial charge in [0.1, 0.15) is 21.6 Å². The van der Waals surface area contributed by atoms with Gasteiger partial charge in [0, 0.05) is 31.8 Å². The Bertz CT molecular complexity index is 1260. The van der Waals surface area contributed by atoms with E-state index >= 15 is 0 Å². The van der Waals surface area contributed by atoms with Gasteiger partial charge in [-0.25, -0.2) is 13.8 Å². The predicted octanol–water partition coefficient (Wildman–Crippen LogP) is 3.88. The van der Waals surface area contributed by atoms with E-state index in [0.29, 0.717) is 12.2 Å². The molecule has 35 heavy (non-hydrogen) atoms. The average molecular weight is 501 g/mol. The minimum absolute atomic E-state index is 0.000456. The molecule has 5 rings (SSSR count). The summed E-state index contributed by atoms with van der Waals surface area (Å²) in [4.78, 5) is 24.2. The van der Waals surface area contributed by atoms with Crippen LogP contribution in [0.2, 0.25) is 0 Å². The summed E-state index contributed by atoms with van der Waals surface area (Å²) in [6.07, 6.45) is 4.97. The van der Waals surface area contributed by atoms with Crippen LogP contribution < -0.4 is 21.7 Å². The molecule has 8 nitrogen and oxygen atoms in total. The number of halogens is 2. The fraction of sp³-hybridized carbons (Fsp3) is 0.375. The van der Waals surface area contributed by atoms with E-state index in [0.717, 1.165) is 72.6 Å². The van der Waals surface area contributed by atoms with Gasteiger partial charge in [-0.3, -0.25) is 9.78 Å². The number of benzene rings is 1. The van der Waals surface area contributed by atoms with Gasteiger partial charge in [0.2, 0.25) is 0 Å². The molecule has 3 aromatic rings. The molecule has 0 saturated carbocycles. The molecule has 1 amide bonds. The molecule has 1 aliphatic heterocycles. The summed E-state index contributed by atoms with van der Waals surface area (Å²) in [6, 6.07) is 3.56. The molecule has 0 bridgehead atoms. The molecule has 184 valence electrons. The molecule has 11 heteroatoms. The van der Waals surface area contributed by atoms with Gasteiger partial charge >= 0.3 is 0 Å². The molecule has 0 radical (unpaired) electrons. The van der Waals surface area contributed by atoms with E-state index in [1.165, 1.54) is 6.07 Å². The summed E-state index contributed by atoms with van der Waals surface area (Å²) in [5.74, 6) is -2.12. The number of nitrogen functional groups attached to an aromatic ring is 1. The van der Waals surface area contributed by atoms with Gasteiger partial charge in [0.05, 0.1) is 34.9 Å². The highest BCUT2D eigenvalue weighted by atomic mass is 32.1. The number of hydrogen-bond acceptors (Lipinski definition) is 8. The number of nitrogens with zero attached hydrogens (tertiary/aromatic N) is 3. The topological polar surface area (TPSA) is 119 Å². The largest absolute Gasteiger partial charge is 0.389 e. The number of ether oxygens (including phenoxy) is 1. The van der Waals surface area contributed by atoms with Crippen LogP contribution in [0.3, 0.4) is 0 Å². The first-order valence-corrected chi connectivity index (χ1v) is 12.3. The van der Waals surface area contributed by atoms with Crippen molar-refractivity contribution in [1.29, 1.82) is 0 Å². The summed E-state index contributed by atoms with van der Waals surface area (Å²) in [5, 5.41) is 2.95. The van der Waals surface area contributed by atoms with E-state index in [-0.39, 0.29) is 33.4 Å². The smallest absolute Gasteiger partial charge is 0.277 e. The van der Waals surface area contributed by atoms with E-state index in [1.54, 1.807) is 13.3 Å².